The molecule has 1 atom stereocenters. The Morgan fingerprint density at radius 2 is 2.00 bits per heavy atom. The Kier molecular flexibility index (Phi) is 7.77. The van der Waals surface area contributed by atoms with Gasteiger partial charge in [0.1, 0.15) is 11.8 Å². The highest BCUT2D eigenvalue weighted by Crippen LogP contribution is 2.34. The molecule has 2 aliphatic heterocycles. The third-order valence-corrected chi connectivity index (χ3v) is 7.86. The zero-order valence-electron chi connectivity index (χ0n) is 20.5. The molecule has 190 valence electrons. The molecule has 1 aromatic carbocycles. The van der Waals surface area contributed by atoms with Gasteiger partial charge in [0.25, 0.3) is 5.91 Å². The molecule has 0 aliphatic carbocycles. The Morgan fingerprint density at radius 3 is 2.72 bits per heavy atom. The van der Waals surface area contributed by atoms with E-state index in [1.165, 1.54) is 7.11 Å². The summed E-state index contributed by atoms with van der Waals surface area (Å²) in [6, 6.07) is 12.5. The van der Waals surface area contributed by atoms with Crippen LogP contribution in [0, 0.1) is 0 Å². The second-order valence-corrected chi connectivity index (χ2v) is 10.4. The number of aromatic nitrogens is 2. The molecule has 36 heavy (non-hydrogen) atoms. The summed E-state index contributed by atoms with van der Waals surface area (Å²) in [6.07, 6.45) is 5.69. The van der Waals surface area contributed by atoms with Gasteiger partial charge in [-0.15, -0.1) is 0 Å². The maximum absolute atomic E-state index is 13.1. The van der Waals surface area contributed by atoms with Gasteiger partial charge >= 0.3 is 5.97 Å². The van der Waals surface area contributed by atoms with Gasteiger partial charge in [0.2, 0.25) is 0 Å². The van der Waals surface area contributed by atoms with Gasteiger partial charge in [0, 0.05) is 24.6 Å². The number of fused-ring (bicyclic) bond motifs is 1. The van der Waals surface area contributed by atoms with Crippen molar-refractivity contribution in [1.29, 1.82) is 0 Å². The van der Waals surface area contributed by atoms with E-state index in [2.05, 4.69) is 22.8 Å². The number of nitrogens with one attached hydrogen (secondary N) is 2. The Hall–Kier alpha value is -3.04. The summed E-state index contributed by atoms with van der Waals surface area (Å²) in [5, 5.41) is 7.32. The fraction of sp³-hybridized carbons (Fsp3) is 0.444. The maximum atomic E-state index is 13.1. The van der Waals surface area contributed by atoms with Crippen molar-refractivity contribution in [2.24, 2.45) is 0 Å². The third kappa shape index (κ3) is 5.37. The number of carbonyl (C=O) groups excluding carboxylic acids is 2. The highest BCUT2D eigenvalue weighted by molar-refractivity contribution is 7.99. The molecule has 9 heteroatoms. The molecule has 3 aromatic rings. The van der Waals surface area contributed by atoms with Crippen molar-refractivity contribution in [2.75, 3.05) is 35.9 Å². The van der Waals surface area contributed by atoms with Crippen LogP contribution in [0.15, 0.2) is 42.6 Å². The number of hydrogen-bond donors (Lipinski definition) is 2. The molecule has 2 fully saturated rings. The molecule has 2 aliphatic rings. The van der Waals surface area contributed by atoms with Crippen LogP contribution in [0.4, 0.5) is 11.4 Å². The second kappa shape index (κ2) is 11.3. The molecule has 0 bridgehead atoms. The lowest BCUT2D eigenvalue weighted by Gasteiger charge is -2.23. The molecule has 0 radical (unpaired) electrons. The lowest BCUT2D eigenvalue weighted by Crippen LogP contribution is -2.28. The monoisotopic (exact) mass is 508 g/mol. The van der Waals surface area contributed by atoms with Gasteiger partial charge < -0.3 is 24.7 Å². The van der Waals surface area contributed by atoms with E-state index in [1.54, 1.807) is 0 Å². The summed E-state index contributed by atoms with van der Waals surface area (Å²) >= 11 is 1.98. The number of thioether (sulfide) groups is 1. The number of aryl methyl sites for hydroxylation is 2. The second-order valence-electron chi connectivity index (χ2n) is 9.22. The van der Waals surface area contributed by atoms with E-state index < -0.39 is 12.1 Å². The first kappa shape index (κ1) is 24.6. The Morgan fingerprint density at radius 1 is 1.19 bits per heavy atom. The van der Waals surface area contributed by atoms with E-state index in [0.29, 0.717) is 54.4 Å². The molecule has 8 nitrogen and oxygen atoms in total. The van der Waals surface area contributed by atoms with Crippen LogP contribution in [-0.2, 0) is 27.2 Å². The first-order valence-corrected chi connectivity index (χ1v) is 13.7. The standard InChI is InChI=1S/C27H32N4O4S/c1-34-27(33)24-23(30-26(32)22-8-5-13-35-22)21-16-20(29-19-10-14-36-15-11-19)17-28-25(21)31(24)12-9-18-6-3-2-4-7-18/h2-4,6-7,16-17,19,22,29H,5,8-15H2,1H3,(H,30,32)/t22-/m1/s1. The molecule has 2 N–H and O–H groups in total. The van der Waals surface area contributed by atoms with Crippen LogP contribution in [0.5, 0.6) is 0 Å². The SMILES string of the molecule is COC(=O)c1c(NC(=O)[C@H]2CCCO2)c2cc(NC3CCSCC3)cnc2n1CCc1ccccc1. The van der Waals surface area contributed by atoms with Crippen molar-refractivity contribution in [3.63, 3.8) is 0 Å². The lowest BCUT2D eigenvalue weighted by molar-refractivity contribution is -0.124. The van der Waals surface area contributed by atoms with Gasteiger partial charge in [-0.3, -0.25) is 4.79 Å². The molecular weight excluding hydrogens is 476 g/mol. The number of rotatable bonds is 8. The number of amides is 1. The fourth-order valence-electron chi connectivity index (χ4n) is 4.91. The van der Waals surface area contributed by atoms with Crippen LogP contribution in [0.2, 0.25) is 0 Å². The first-order valence-electron chi connectivity index (χ1n) is 12.5. The number of ether oxygens (including phenoxy) is 2. The Balaban J connectivity index is 1.55. The first-order chi connectivity index (χ1) is 17.6. The molecule has 2 aromatic heterocycles. The van der Waals surface area contributed by atoms with Crippen LogP contribution in [-0.4, -0.2) is 58.8 Å². The van der Waals surface area contributed by atoms with E-state index in [1.807, 2.05) is 46.8 Å². The van der Waals surface area contributed by atoms with E-state index >= 15 is 0 Å². The van der Waals surface area contributed by atoms with E-state index in [4.69, 9.17) is 14.5 Å². The molecular formula is C27H32N4O4S. The molecule has 5 rings (SSSR count). The largest absolute Gasteiger partial charge is 0.464 e. The fourth-order valence-corrected chi connectivity index (χ4v) is 6.01. The number of esters is 1. The number of anilines is 2. The van der Waals surface area contributed by atoms with Crippen LogP contribution in [0.1, 0.15) is 41.7 Å². The third-order valence-electron chi connectivity index (χ3n) is 6.81. The van der Waals surface area contributed by atoms with Crippen molar-refractivity contribution in [3.8, 4) is 0 Å². The van der Waals surface area contributed by atoms with Gasteiger partial charge in [-0.2, -0.15) is 11.8 Å². The summed E-state index contributed by atoms with van der Waals surface area (Å²) < 4.78 is 12.6. The van der Waals surface area contributed by atoms with E-state index in [0.717, 1.165) is 42.0 Å². The zero-order valence-corrected chi connectivity index (χ0v) is 21.3. The number of nitrogens with zero attached hydrogens (tertiary/aromatic N) is 2. The highest BCUT2D eigenvalue weighted by Gasteiger charge is 2.30. The number of pyridine rings is 1. The van der Waals surface area contributed by atoms with Crippen molar-refractivity contribution in [2.45, 2.75) is 50.8 Å². The quantitative estimate of drug-likeness (QED) is 0.433. The van der Waals surface area contributed by atoms with Crippen molar-refractivity contribution >= 4 is 46.0 Å². The summed E-state index contributed by atoms with van der Waals surface area (Å²) in [6.45, 7) is 1.08. The average Bonchev–Trinajstić information content (AvgIpc) is 3.55. The van der Waals surface area contributed by atoms with Crippen molar-refractivity contribution in [1.82, 2.24) is 9.55 Å². The summed E-state index contributed by atoms with van der Waals surface area (Å²) in [5.41, 5.74) is 3.39. The van der Waals surface area contributed by atoms with E-state index in [-0.39, 0.29) is 5.91 Å². The topological polar surface area (TPSA) is 94.5 Å². The molecule has 1 amide bonds. The lowest BCUT2D eigenvalue weighted by atomic mass is 10.1. The highest BCUT2D eigenvalue weighted by atomic mass is 32.2. The summed E-state index contributed by atoms with van der Waals surface area (Å²) in [5.74, 6) is 1.52. The van der Waals surface area contributed by atoms with Crippen LogP contribution < -0.4 is 10.6 Å². The molecule has 4 heterocycles. The number of carbonyl (C=O) groups is 2. The average molecular weight is 509 g/mol. The van der Waals surface area contributed by atoms with Gasteiger partial charge in [-0.1, -0.05) is 30.3 Å². The van der Waals surface area contributed by atoms with Gasteiger partial charge in [0.15, 0.2) is 5.69 Å². The number of hydrogen-bond acceptors (Lipinski definition) is 7. The van der Waals surface area contributed by atoms with E-state index in [9.17, 15) is 9.59 Å². The zero-order chi connectivity index (χ0) is 24.9. The Bertz CT molecular complexity index is 1220. The maximum Gasteiger partial charge on any atom is 0.356 e. The molecule has 0 saturated carbocycles. The van der Waals surface area contributed by atoms with Gasteiger partial charge in [-0.05, 0) is 55.2 Å². The minimum atomic E-state index is -0.521. The summed E-state index contributed by atoms with van der Waals surface area (Å²) in [7, 11) is 1.36. The molecule has 0 unspecified atom stereocenters. The molecule has 0 spiro atoms. The van der Waals surface area contributed by atoms with Gasteiger partial charge in [0.05, 0.1) is 24.7 Å². The number of methoxy groups -OCH3 is 1. The van der Waals surface area contributed by atoms with Crippen LogP contribution in [0.25, 0.3) is 11.0 Å². The van der Waals surface area contributed by atoms with Crippen molar-refractivity contribution < 1.29 is 19.1 Å². The molecule has 2 saturated heterocycles. The predicted molar refractivity (Wildman–Crippen MR) is 143 cm³/mol. The minimum Gasteiger partial charge on any atom is -0.464 e. The van der Waals surface area contributed by atoms with Crippen LogP contribution >= 0.6 is 11.8 Å². The minimum absolute atomic E-state index is 0.248. The Labute approximate surface area is 215 Å². The van der Waals surface area contributed by atoms with Crippen molar-refractivity contribution in [3.05, 3.63) is 53.9 Å². The normalized spacial score (nSPS) is 18.3. The van der Waals surface area contributed by atoms with Crippen LogP contribution in [0.3, 0.4) is 0 Å². The predicted octanol–water partition coefficient (Wildman–Crippen LogP) is 4.49. The van der Waals surface area contributed by atoms with Gasteiger partial charge in [-0.25, -0.2) is 9.78 Å². The smallest absolute Gasteiger partial charge is 0.356 e. The summed E-state index contributed by atoms with van der Waals surface area (Å²) in [4.78, 5) is 30.9. The number of benzene rings is 1.